The number of pyridine rings is 2. The van der Waals surface area contributed by atoms with Crippen molar-refractivity contribution in [2.75, 3.05) is 5.32 Å². The maximum Gasteiger partial charge on any atom is 0.130 e. The summed E-state index contributed by atoms with van der Waals surface area (Å²) in [5, 5.41) is 3.77. The summed E-state index contributed by atoms with van der Waals surface area (Å²) in [4.78, 5) is 8.21. The summed E-state index contributed by atoms with van der Waals surface area (Å²) >= 11 is 5.74. The predicted octanol–water partition coefficient (Wildman–Crippen LogP) is 3.18. The maximum absolute atomic E-state index is 5.74. The van der Waals surface area contributed by atoms with Gasteiger partial charge in [0.2, 0.25) is 0 Å². The molecular formula is C11H10ClN3. The quantitative estimate of drug-likeness (QED) is 0.843. The number of hydrogen-bond acceptors (Lipinski definition) is 3. The topological polar surface area (TPSA) is 37.8 Å². The third-order valence-electron chi connectivity index (χ3n) is 1.87. The molecule has 15 heavy (non-hydrogen) atoms. The molecule has 0 unspecified atom stereocenters. The van der Waals surface area contributed by atoms with Crippen molar-refractivity contribution in [3.8, 4) is 0 Å². The molecule has 0 saturated heterocycles. The standard InChI is InChI=1S/C11H10ClN3/c1-8-4-10(7-13-5-8)15-11-3-2-9(12)6-14-11/h2-7H,1H3,(H,14,15). The Hall–Kier alpha value is -1.61. The third-order valence-corrected chi connectivity index (χ3v) is 2.10. The SMILES string of the molecule is Cc1cncc(Nc2ccc(Cl)cn2)c1. The molecule has 0 fully saturated rings. The fraction of sp³-hybridized carbons (Fsp3) is 0.0909. The van der Waals surface area contributed by atoms with Gasteiger partial charge in [-0.2, -0.15) is 0 Å². The van der Waals surface area contributed by atoms with Gasteiger partial charge in [0.1, 0.15) is 5.82 Å². The van der Waals surface area contributed by atoms with E-state index in [1.807, 2.05) is 19.1 Å². The zero-order valence-electron chi connectivity index (χ0n) is 8.24. The van der Waals surface area contributed by atoms with Gasteiger partial charge in [-0.1, -0.05) is 11.6 Å². The Bertz CT molecular complexity index is 454. The number of aryl methyl sites for hydroxylation is 1. The van der Waals surface area contributed by atoms with Gasteiger partial charge in [0.05, 0.1) is 16.9 Å². The Kier molecular flexibility index (Phi) is 2.83. The van der Waals surface area contributed by atoms with Gasteiger partial charge in [-0.25, -0.2) is 4.98 Å². The third kappa shape index (κ3) is 2.67. The minimum absolute atomic E-state index is 0.628. The Morgan fingerprint density at radius 2 is 2.07 bits per heavy atom. The van der Waals surface area contributed by atoms with E-state index < -0.39 is 0 Å². The Labute approximate surface area is 93.1 Å². The summed E-state index contributed by atoms with van der Waals surface area (Å²) in [5.41, 5.74) is 2.03. The largest absolute Gasteiger partial charge is 0.339 e. The highest BCUT2D eigenvalue weighted by Gasteiger charge is 1.96. The molecule has 0 saturated carbocycles. The number of rotatable bonds is 2. The molecule has 0 spiro atoms. The zero-order valence-corrected chi connectivity index (χ0v) is 8.99. The number of nitrogens with zero attached hydrogens (tertiary/aromatic N) is 2. The monoisotopic (exact) mass is 219 g/mol. The average Bonchev–Trinajstić information content (AvgIpc) is 2.22. The number of nitrogens with one attached hydrogen (secondary N) is 1. The van der Waals surface area contributed by atoms with Gasteiger partial charge in [0, 0.05) is 12.4 Å². The minimum atomic E-state index is 0.628. The molecule has 0 bridgehead atoms. The summed E-state index contributed by atoms with van der Waals surface area (Å²) in [6.45, 7) is 1.99. The molecule has 2 aromatic rings. The van der Waals surface area contributed by atoms with Gasteiger partial charge < -0.3 is 5.32 Å². The van der Waals surface area contributed by atoms with Crippen LogP contribution in [0.4, 0.5) is 11.5 Å². The van der Waals surface area contributed by atoms with E-state index in [0.29, 0.717) is 5.02 Å². The van der Waals surface area contributed by atoms with Crippen molar-refractivity contribution in [2.45, 2.75) is 6.92 Å². The molecule has 0 aliphatic heterocycles. The predicted molar refractivity (Wildman–Crippen MR) is 61.5 cm³/mol. The summed E-state index contributed by atoms with van der Waals surface area (Å²) < 4.78 is 0. The van der Waals surface area contributed by atoms with Crippen molar-refractivity contribution in [1.29, 1.82) is 0 Å². The van der Waals surface area contributed by atoms with Gasteiger partial charge in [-0.05, 0) is 30.7 Å². The van der Waals surface area contributed by atoms with E-state index in [1.165, 1.54) is 0 Å². The summed E-state index contributed by atoms with van der Waals surface area (Å²) in [5.74, 6) is 0.756. The summed E-state index contributed by atoms with van der Waals surface area (Å²) in [6.07, 6.45) is 5.16. The molecule has 0 aromatic carbocycles. The van der Waals surface area contributed by atoms with Gasteiger partial charge in [-0.3, -0.25) is 4.98 Å². The lowest BCUT2D eigenvalue weighted by Gasteiger charge is -2.05. The Balaban J connectivity index is 2.18. The van der Waals surface area contributed by atoms with E-state index in [1.54, 1.807) is 24.7 Å². The molecule has 0 atom stereocenters. The second-order valence-corrected chi connectivity index (χ2v) is 3.67. The number of halogens is 1. The molecule has 4 heteroatoms. The fourth-order valence-corrected chi connectivity index (χ4v) is 1.33. The van der Waals surface area contributed by atoms with Crippen LogP contribution in [-0.4, -0.2) is 9.97 Å². The molecule has 76 valence electrons. The molecule has 0 amide bonds. The van der Waals surface area contributed by atoms with Gasteiger partial charge >= 0.3 is 0 Å². The van der Waals surface area contributed by atoms with Gasteiger partial charge in [0.15, 0.2) is 0 Å². The first-order chi connectivity index (χ1) is 7.24. The lowest BCUT2D eigenvalue weighted by Crippen LogP contribution is -1.93. The Morgan fingerprint density at radius 3 is 2.73 bits per heavy atom. The van der Waals surface area contributed by atoms with Crippen LogP contribution in [0.5, 0.6) is 0 Å². The van der Waals surface area contributed by atoms with Crippen LogP contribution in [0.25, 0.3) is 0 Å². The molecule has 2 rings (SSSR count). The second kappa shape index (κ2) is 4.28. The van der Waals surface area contributed by atoms with Gasteiger partial charge in [0.25, 0.3) is 0 Å². The second-order valence-electron chi connectivity index (χ2n) is 3.24. The van der Waals surface area contributed by atoms with Crippen molar-refractivity contribution in [3.63, 3.8) is 0 Å². The first-order valence-corrected chi connectivity index (χ1v) is 4.92. The molecule has 2 aromatic heterocycles. The smallest absolute Gasteiger partial charge is 0.130 e. The van der Waals surface area contributed by atoms with Crippen LogP contribution < -0.4 is 5.32 Å². The number of anilines is 2. The van der Waals surface area contributed by atoms with E-state index in [0.717, 1.165) is 17.1 Å². The molecule has 2 heterocycles. The van der Waals surface area contributed by atoms with Crippen LogP contribution in [0, 0.1) is 6.92 Å². The van der Waals surface area contributed by atoms with E-state index in [2.05, 4.69) is 15.3 Å². The van der Waals surface area contributed by atoms with E-state index in [9.17, 15) is 0 Å². The Morgan fingerprint density at radius 1 is 1.20 bits per heavy atom. The maximum atomic E-state index is 5.74. The molecular weight excluding hydrogens is 210 g/mol. The highest BCUT2D eigenvalue weighted by molar-refractivity contribution is 6.30. The first-order valence-electron chi connectivity index (χ1n) is 4.54. The molecule has 1 N–H and O–H groups in total. The van der Waals surface area contributed by atoms with Crippen LogP contribution in [0.15, 0.2) is 36.8 Å². The van der Waals surface area contributed by atoms with Crippen LogP contribution >= 0.6 is 11.6 Å². The first kappa shape index (κ1) is 9.93. The molecule has 0 radical (unpaired) electrons. The van der Waals surface area contributed by atoms with Crippen molar-refractivity contribution in [3.05, 3.63) is 47.4 Å². The molecule has 3 nitrogen and oxygen atoms in total. The lowest BCUT2D eigenvalue weighted by atomic mass is 10.3. The van der Waals surface area contributed by atoms with E-state index >= 15 is 0 Å². The van der Waals surface area contributed by atoms with Gasteiger partial charge in [-0.15, -0.1) is 0 Å². The van der Waals surface area contributed by atoms with Crippen LogP contribution in [-0.2, 0) is 0 Å². The summed E-state index contributed by atoms with van der Waals surface area (Å²) in [7, 11) is 0. The van der Waals surface area contributed by atoms with E-state index in [-0.39, 0.29) is 0 Å². The average molecular weight is 220 g/mol. The fourth-order valence-electron chi connectivity index (χ4n) is 1.22. The highest BCUT2D eigenvalue weighted by atomic mass is 35.5. The number of hydrogen-bond donors (Lipinski definition) is 1. The molecule has 0 aliphatic carbocycles. The minimum Gasteiger partial charge on any atom is -0.339 e. The van der Waals surface area contributed by atoms with Crippen molar-refractivity contribution in [1.82, 2.24) is 9.97 Å². The normalized spacial score (nSPS) is 10.0. The van der Waals surface area contributed by atoms with Crippen LogP contribution in [0.3, 0.4) is 0 Å². The van der Waals surface area contributed by atoms with Crippen molar-refractivity contribution in [2.24, 2.45) is 0 Å². The highest BCUT2D eigenvalue weighted by Crippen LogP contribution is 2.15. The van der Waals surface area contributed by atoms with E-state index in [4.69, 9.17) is 11.6 Å². The zero-order chi connectivity index (χ0) is 10.7. The van der Waals surface area contributed by atoms with Crippen molar-refractivity contribution >= 4 is 23.1 Å². The number of aromatic nitrogens is 2. The molecule has 0 aliphatic rings. The van der Waals surface area contributed by atoms with Crippen molar-refractivity contribution < 1.29 is 0 Å². The van der Waals surface area contributed by atoms with Crippen LogP contribution in [0.1, 0.15) is 5.56 Å². The lowest BCUT2D eigenvalue weighted by molar-refractivity contribution is 1.25. The summed E-state index contributed by atoms with van der Waals surface area (Å²) in [6, 6.07) is 5.62. The van der Waals surface area contributed by atoms with Crippen LogP contribution in [0.2, 0.25) is 5.02 Å².